The van der Waals surface area contributed by atoms with Gasteiger partial charge in [0.2, 0.25) is 0 Å². The number of rotatable bonds is 0. The van der Waals surface area contributed by atoms with Crippen LogP contribution in [0.5, 0.6) is 0 Å². The summed E-state index contributed by atoms with van der Waals surface area (Å²) < 4.78 is 0. The summed E-state index contributed by atoms with van der Waals surface area (Å²) in [6, 6.07) is 5.84. The first-order chi connectivity index (χ1) is 7.74. The van der Waals surface area contributed by atoms with Crippen molar-refractivity contribution in [1.82, 2.24) is 4.98 Å². The zero-order valence-electron chi connectivity index (χ0n) is 8.76. The summed E-state index contributed by atoms with van der Waals surface area (Å²) in [6.45, 7) is 0. The van der Waals surface area contributed by atoms with Gasteiger partial charge in [-0.05, 0) is 49.4 Å². The van der Waals surface area contributed by atoms with Crippen LogP contribution in [0.3, 0.4) is 0 Å². The summed E-state index contributed by atoms with van der Waals surface area (Å²) in [7, 11) is 0. The minimum atomic E-state index is 0.653. The Kier molecular flexibility index (Phi) is 2.53. The van der Waals surface area contributed by atoms with Crippen LogP contribution >= 0.6 is 23.2 Å². The normalized spacial score (nSPS) is 15.1. The first-order valence-electron chi connectivity index (χ1n) is 5.51. The van der Waals surface area contributed by atoms with Crippen molar-refractivity contribution in [2.45, 2.75) is 25.7 Å². The molecule has 0 fully saturated rings. The number of aromatic nitrogens is 1. The molecule has 0 aliphatic heterocycles. The van der Waals surface area contributed by atoms with E-state index in [4.69, 9.17) is 23.2 Å². The number of halogens is 2. The lowest BCUT2D eigenvalue weighted by molar-refractivity contribution is 0.671. The molecule has 0 saturated heterocycles. The molecule has 3 heteroatoms. The molecule has 1 aromatic heterocycles. The van der Waals surface area contributed by atoms with E-state index in [-0.39, 0.29) is 0 Å². The average molecular weight is 252 g/mol. The summed E-state index contributed by atoms with van der Waals surface area (Å²) in [6.07, 6.45) is 4.69. The van der Waals surface area contributed by atoms with Gasteiger partial charge in [-0.1, -0.05) is 23.2 Å². The SMILES string of the molecule is Clc1cc(Cl)c2cc3c(nc2c1)CCCC3. The van der Waals surface area contributed by atoms with Crippen LogP contribution in [-0.4, -0.2) is 4.98 Å². The first kappa shape index (κ1) is 10.4. The molecule has 1 nitrogen and oxygen atoms in total. The summed E-state index contributed by atoms with van der Waals surface area (Å²) in [5.74, 6) is 0. The van der Waals surface area contributed by atoms with E-state index in [0.717, 1.165) is 23.7 Å². The van der Waals surface area contributed by atoms with E-state index >= 15 is 0 Å². The summed E-state index contributed by atoms with van der Waals surface area (Å²) in [4.78, 5) is 4.67. The molecular weight excluding hydrogens is 241 g/mol. The van der Waals surface area contributed by atoms with E-state index in [1.54, 1.807) is 6.07 Å². The lowest BCUT2D eigenvalue weighted by Gasteiger charge is -2.15. The standard InChI is InChI=1S/C13H11Cl2N/c14-9-6-11(15)10-5-8-3-1-2-4-12(8)16-13(10)7-9/h5-7H,1-4H2. The van der Waals surface area contributed by atoms with Crippen molar-refractivity contribution in [3.8, 4) is 0 Å². The largest absolute Gasteiger partial charge is 0.252 e. The average Bonchev–Trinajstić information content (AvgIpc) is 2.27. The highest BCUT2D eigenvalue weighted by Crippen LogP contribution is 2.30. The van der Waals surface area contributed by atoms with Crippen LogP contribution in [0.25, 0.3) is 10.9 Å². The topological polar surface area (TPSA) is 12.9 Å². The highest BCUT2D eigenvalue weighted by Gasteiger charge is 2.13. The molecule has 1 aliphatic rings. The second-order valence-electron chi connectivity index (χ2n) is 4.26. The quantitative estimate of drug-likeness (QED) is 0.676. The number of nitrogens with zero attached hydrogens (tertiary/aromatic N) is 1. The molecule has 0 spiro atoms. The molecule has 0 radical (unpaired) electrons. The summed E-state index contributed by atoms with van der Waals surface area (Å²) >= 11 is 12.2. The van der Waals surface area contributed by atoms with Crippen LogP contribution in [0, 0.1) is 0 Å². The van der Waals surface area contributed by atoms with Crippen molar-refractivity contribution in [3.05, 3.63) is 39.5 Å². The monoisotopic (exact) mass is 251 g/mol. The van der Waals surface area contributed by atoms with Crippen LogP contribution in [0.15, 0.2) is 18.2 Å². The van der Waals surface area contributed by atoms with Gasteiger partial charge in [-0.25, -0.2) is 0 Å². The highest BCUT2D eigenvalue weighted by molar-refractivity contribution is 6.38. The van der Waals surface area contributed by atoms with Crippen LogP contribution < -0.4 is 0 Å². The first-order valence-corrected chi connectivity index (χ1v) is 6.27. The predicted octanol–water partition coefficient (Wildman–Crippen LogP) is 4.42. The lowest BCUT2D eigenvalue weighted by Crippen LogP contribution is -2.05. The van der Waals surface area contributed by atoms with E-state index in [0.29, 0.717) is 10.0 Å². The lowest BCUT2D eigenvalue weighted by atomic mass is 9.95. The van der Waals surface area contributed by atoms with E-state index in [1.807, 2.05) is 6.07 Å². The third-order valence-electron chi connectivity index (χ3n) is 3.13. The Labute approximate surface area is 104 Å². The van der Waals surface area contributed by atoms with Gasteiger partial charge in [0.25, 0.3) is 0 Å². The van der Waals surface area contributed by atoms with Gasteiger partial charge in [-0.15, -0.1) is 0 Å². The minimum absolute atomic E-state index is 0.653. The molecule has 1 aliphatic carbocycles. The van der Waals surface area contributed by atoms with E-state index < -0.39 is 0 Å². The van der Waals surface area contributed by atoms with Gasteiger partial charge >= 0.3 is 0 Å². The Bertz CT molecular complexity index is 563. The molecule has 16 heavy (non-hydrogen) atoms. The van der Waals surface area contributed by atoms with Gasteiger partial charge in [-0.2, -0.15) is 0 Å². The van der Waals surface area contributed by atoms with Gasteiger partial charge in [0.1, 0.15) is 0 Å². The van der Waals surface area contributed by atoms with E-state index in [2.05, 4.69) is 11.1 Å². The molecule has 0 amide bonds. The highest BCUT2D eigenvalue weighted by atomic mass is 35.5. The maximum absolute atomic E-state index is 6.18. The third-order valence-corrected chi connectivity index (χ3v) is 3.66. The number of pyridine rings is 1. The summed E-state index contributed by atoms with van der Waals surface area (Å²) in [5.41, 5.74) is 3.48. The van der Waals surface area contributed by atoms with E-state index in [9.17, 15) is 0 Å². The molecule has 0 N–H and O–H groups in total. The van der Waals surface area contributed by atoms with Gasteiger partial charge in [0.15, 0.2) is 0 Å². The number of fused-ring (bicyclic) bond motifs is 2. The molecule has 3 rings (SSSR count). The predicted molar refractivity (Wildman–Crippen MR) is 68.4 cm³/mol. The zero-order valence-corrected chi connectivity index (χ0v) is 10.3. The van der Waals surface area contributed by atoms with Gasteiger partial charge < -0.3 is 0 Å². The number of aryl methyl sites for hydroxylation is 2. The molecule has 82 valence electrons. The molecule has 0 unspecified atom stereocenters. The smallest absolute Gasteiger partial charge is 0.0735 e. The van der Waals surface area contributed by atoms with Crippen molar-refractivity contribution >= 4 is 34.1 Å². The minimum Gasteiger partial charge on any atom is -0.252 e. The Hall–Kier alpha value is -0.790. The fraction of sp³-hybridized carbons (Fsp3) is 0.308. The van der Waals surface area contributed by atoms with Crippen molar-refractivity contribution < 1.29 is 0 Å². The maximum Gasteiger partial charge on any atom is 0.0735 e. The third kappa shape index (κ3) is 1.68. The maximum atomic E-state index is 6.18. The molecule has 0 bridgehead atoms. The number of hydrogen-bond acceptors (Lipinski definition) is 1. The van der Waals surface area contributed by atoms with Crippen molar-refractivity contribution in [3.63, 3.8) is 0 Å². The Morgan fingerprint density at radius 3 is 2.69 bits per heavy atom. The van der Waals surface area contributed by atoms with E-state index in [1.165, 1.54) is 24.1 Å². The molecule has 0 atom stereocenters. The molecule has 2 aromatic rings. The van der Waals surface area contributed by atoms with Crippen molar-refractivity contribution in [1.29, 1.82) is 0 Å². The van der Waals surface area contributed by atoms with Gasteiger partial charge in [0.05, 0.1) is 10.5 Å². The Morgan fingerprint density at radius 1 is 1.00 bits per heavy atom. The van der Waals surface area contributed by atoms with Crippen LogP contribution in [0.4, 0.5) is 0 Å². The molecular formula is C13H11Cl2N. The Balaban J connectivity index is 2.31. The number of hydrogen-bond donors (Lipinski definition) is 0. The fourth-order valence-electron chi connectivity index (χ4n) is 2.32. The van der Waals surface area contributed by atoms with Gasteiger partial charge in [-0.3, -0.25) is 4.98 Å². The Morgan fingerprint density at radius 2 is 1.81 bits per heavy atom. The fourth-order valence-corrected chi connectivity index (χ4v) is 2.86. The van der Waals surface area contributed by atoms with Gasteiger partial charge in [0, 0.05) is 16.1 Å². The van der Waals surface area contributed by atoms with Crippen LogP contribution in [0.2, 0.25) is 10.0 Å². The molecule has 0 saturated carbocycles. The zero-order chi connectivity index (χ0) is 11.1. The van der Waals surface area contributed by atoms with Crippen molar-refractivity contribution in [2.24, 2.45) is 0 Å². The second-order valence-corrected chi connectivity index (χ2v) is 5.10. The van der Waals surface area contributed by atoms with Crippen molar-refractivity contribution in [2.75, 3.05) is 0 Å². The molecule has 1 heterocycles. The molecule has 1 aromatic carbocycles. The van der Waals surface area contributed by atoms with Crippen LogP contribution in [0.1, 0.15) is 24.1 Å². The van der Waals surface area contributed by atoms with Crippen LogP contribution in [-0.2, 0) is 12.8 Å². The summed E-state index contributed by atoms with van der Waals surface area (Å²) in [5, 5.41) is 2.37. The number of benzene rings is 1. The second kappa shape index (κ2) is 3.90.